The summed E-state index contributed by atoms with van der Waals surface area (Å²) < 4.78 is 5.36. The molecule has 0 unspecified atom stereocenters. The van der Waals surface area contributed by atoms with Crippen molar-refractivity contribution in [3.05, 3.63) is 24.3 Å². The van der Waals surface area contributed by atoms with Crippen LogP contribution in [0.4, 0.5) is 5.69 Å². The van der Waals surface area contributed by atoms with Gasteiger partial charge in [0.25, 0.3) is 5.91 Å². The predicted octanol–water partition coefficient (Wildman–Crippen LogP) is 3.50. The van der Waals surface area contributed by atoms with Crippen LogP contribution < -0.4 is 15.4 Å². The monoisotopic (exact) mass is 320 g/mol. The van der Waals surface area contributed by atoms with Gasteiger partial charge in [0.2, 0.25) is 5.91 Å². The molecule has 1 aromatic carbocycles. The van der Waals surface area contributed by atoms with Gasteiger partial charge >= 0.3 is 0 Å². The molecule has 0 bridgehead atoms. The Labute approximate surface area is 138 Å². The van der Waals surface area contributed by atoms with Gasteiger partial charge in [0.05, 0.1) is 0 Å². The van der Waals surface area contributed by atoms with E-state index in [1.165, 1.54) is 19.3 Å². The molecule has 5 heteroatoms. The third-order valence-electron chi connectivity index (χ3n) is 3.39. The fourth-order valence-corrected chi connectivity index (χ4v) is 2.14. The number of carbonyl (C=O) groups is 2. The second-order valence-electron chi connectivity index (χ2n) is 5.48. The molecule has 0 aliphatic heterocycles. The van der Waals surface area contributed by atoms with Crippen molar-refractivity contribution in [3.8, 4) is 5.75 Å². The molecule has 0 aliphatic carbocycles. The zero-order chi connectivity index (χ0) is 16.9. The average Bonchev–Trinajstić information content (AvgIpc) is 2.54. The Hall–Kier alpha value is -2.04. The van der Waals surface area contributed by atoms with E-state index in [0.717, 1.165) is 18.5 Å². The summed E-state index contributed by atoms with van der Waals surface area (Å²) in [4.78, 5) is 23.1. The van der Waals surface area contributed by atoms with E-state index in [0.29, 0.717) is 18.7 Å². The topological polar surface area (TPSA) is 67.4 Å². The van der Waals surface area contributed by atoms with Crippen molar-refractivity contribution in [2.45, 2.75) is 52.4 Å². The van der Waals surface area contributed by atoms with E-state index < -0.39 is 0 Å². The van der Waals surface area contributed by atoms with E-state index in [1.807, 2.05) is 6.92 Å². The van der Waals surface area contributed by atoms with Crippen LogP contribution in [0, 0.1) is 0 Å². The van der Waals surface area contributed by atoms with Gasteiger partial charge in [-0.05, 0) is 37.6 Å². The van der Waals surface area contributed by atoms with Crippen molar-refractivity contribution in [3.63, 3.8) is 0 Å². The number of benzene rings is 1. The normalized spacial score (nSPS) is 10.2. The van der Waals surface area contributed by atoms with E-state index >= 15 is 0 Å². The largest absolute Gasteiger partial charge is 0.484 e. The standard InChI is InChI=1S/C18H28N2O3/c1-3-5-6-7-8-9-17(21)20-15-10-12-16(13-11-15)23-14-18(22)19-4-2/h10-13H,3-9,14H2,1-2H3,(H,19,22)(H,20,21). The number of rotatable bonds is 11. The molecule has 1 rings (SSSR count). The molecule has 0 fully saturated rings. The number of unbranched alkanes of at least 4 members (excludes halogenated alkanes) is 4. The molecule has 2 N–H and O–H groups in total. The fraction of sp³-hybridized carbons (Fsp3) is 0.556. The van der Waals surface area contributed by atoms with Crippen LogP contribution in [0.25, 0.3) is 0 Å². The summed E-state index contributed by atoms with van der Waals surface area (Å²) >= 11 is 0. The average molecular weight is 320 g/mol. The highest BCUT2D eigenvalue weighted by molar-refractivity contribution is 5.90. The molecule has 0 spiro atoms. The number of hydrogen-bond donors (Lipinski definition) is 2. The summed E-state index contributed by atoms with van der Waals surface area (Å²) in [6.07, 6.45) is 6.23. The predicted molar refractivity (Wildman–Crippen MR) is 92.6 cm³/mol. The maximum absolute atomic E-state index is 11.8. The Morgan fingerprint density at radius 3 is 2.30 bits per heavy atom. The number of anilines is 1. The van der Waals surface area contributed by atoms with Crippen LogP contribution in [0.15, 0.2) is 24.3 Å². The number of hydrogen-bond acceptors (Lipinski definition) is 3. The second kappa shape index (κ2) is 11.5. The van der Waals surface area contributed by atoms with Crippen LogP contribution in [0.5, 0.6) is 5.75 Å². The van der Waals surface area contributed by atoms with Gasteiger partial charge in [-0.3, -0.25) is 9.59 Å². The molecule has 128 valence electrons. The van der Waals surface area contributed by atoms with Crippen molar-refractivity contribution in [2.24, 2.45) is 0 Å². The van der Waals surface area contributed by atoms with Gasteiger partial charge in [0.15, 0.2) is 6.61 Å². The lowest BCUT2D eigenvalue weighted by Gasteiger charge is -2.08. The van der Waals surface area contributed by atoms with Gasteiger partial charge in [-0.25, -0.2) is 0 Å². The first-order chi connectivity index (χ1) is 11.2. The van der Waals surface area contributed by atoms with Crippen LogP contribution in [-0.4, -0.2) is 25.0 Å². The van der Waals surface area contributed by atoms with Gasteiger partial charge in [-0.2, -0.15) is 0 Å². The summed E-state index contributed by atoms with van der Waals surface area (Å²) in [5.41, 5.74) is 0.744. The van der Waals surface area contributed by atoms with Crippen molar-refractivity contribution >= 4 is 17.5 Å². The molecule has 0 saturated carbocycles. The lowest BCUT2D eigenvalue weighted by Crippen LogP contribution is -2.28. The van der Waals surface area contributed by atoms with Crippen molar-refractivity contribution in [2.75, 3.05) is 18.5 Å². The Balaban J connectivity index is 2.27. The van der Waals surface area contributed by atoms with E-state index in [2.05, 4.69) is 17.6 Å². The Morgan fingerprint density at radius 1 is 0.957 bits per heavy atom. The summed E-state index contributed by atoms with van der Waals surface area (Å²) in [6, 6.07) is 7.05. The molecular weight excluding hydrogens is 292 g/mol. The van der Waals surface area contributed by atoms with Gasteiger partial charge in [0.1, 0.15) is 5.75 Å². The SMILES string of the molecule is CCCCCCCC(=O)Nc1ccc(OCC(=O)NCC)cc1. The van der Waals surface area contributed by atoms with Crippen molar-refractivity contribution in [1.82, 2.24) is 5.32 Å². The summed E-state index contributed by atoms with van der Waals surface area (Å²) in [6.45, 7) is 4.62. The summed E-state index contributed by atoms with van der Waals surface area (Å²) in [5, 5.41) is 5.54. The molecule has 0 atom stereocenters. The second-order valence-corrected chi connectivity index (χ2v) is 5.48. The Morgan fingerprint density at radius 2 is 1.65 bits per heavy atom. The molecule has 23 heavy (non-hydrogen) atoms. The maximum atomic E-state index is 11.8. The van der Waals surface area contributed by atoms with E-state index in [4.69, 9.17) is 4.74 Å². The van der Waals surface area contributed by atoms with Crippen LogP contribution in [0.1, 0.15) is 52.4 Å². The van der Waals surface area contributed by atoms with Gasteiger partial charge in [-0.1, -0.05) is 32.6 Å². The lowest BCUT2D eigenvalue weighted by molar-refractivity contribution is -0.123. The van der Waals surface area contributed by atoms with Crippen LogP contribution in [0.2, 0.25) is 0 Å². The smallest absolute Gasteiger partial charge is 0.257 e. The highest BCUT2D eigenvalue weighted by Gasteiger charge is 2.04. The van der Waals surface area contributed by atoms with Gasteiger partial charge in [0, 0.05) is 18.7 Å². The summed E-state index contributed by atoms with van der Waals surface area (Å²) in [7, 11) is 0. The van der Waals surface area contributed by atoms with E-state index in [1.54, 1.807) is 24.3 Å². The van der Waals surface area contributed by atoms with E-state index in [-0.39, 0.29) is 18.4 Å². The highest BCUT2D eigenvalue weighted by Crippen LogP contribution is 2.16. The molecule has 5 nitrogen and oxygen atoms in total. The lowest BCUT2D eigenvalue weighted by atomic mass is 10.1. The van der Waals surface area contributed by atoms with Crippen LogP contribution in [0.3, 0.4) is 0 Å². The molecule has 0 saturated heterocycles. The number of likely N-dealkylation sites (N-methyl/N-ethyl adjacent to an activating group) is 1. The minimum atomic E-state index is -0.145. The number of amides is 2. The molecule has 0 radical (unpaired) electrons. The number of carbonyl (C=O) groups excluding carboxylic acids is 2. The number of nitrogens with one attached hydrogen (secondary N) is 2. The molecule has 2 amide bonds. The van der Waals surface area contributed by atoms with Crippen LogP contribution in [-0.2, 0) is 9.59 Å². The maximum Gasteiger partial charge on any atom is 0.257 e. The molecule has 0 aromatic heterocycles. The first-order valence-electron chi connectivity index (χ1n) is 8.45. The molecular formula is C18H28N2O3. The minimum Gasteiger partial charge on any atom is -0.484 e. The first kappa shape index (κ1) is 19.0. The third kappa shape index (κ3) is 8.86. The van der Waals surface area contributed by atoms with Crippen molar-refractivity contribution < 1.29 is 14.3 Å². The Bertz CT molecular complexity index is 472. The highest BCUT2D eigenvalue weighted by atomic mass is 16.5. The third-order valence-corrected chi connectivity index (χ3v) is 3.39. The van der Waals surface area contributed by atoms with E-state index in [9.17, 15) is 9.59 Å². The molecule has 1 aromatic rings. The quantitative estimate of drug-likeness (QED) is 0.613. The molecule has 0 heterocycles. The van der Waals surface area contributed by atoms with Gasteiger partial charge in [-0.15, -0.1) is 0 Å². The minimum absolute atomic E-state index is 0.00267. The zero-order valence-corrected chi connectivity index (χ0v) is 14.2. The van der Waals surface area contributed by atoms with Crippen LogP contribution >= 0.6 is 0 Å². The van der Waals surface area contributed by atoms with Crippen molar-refractivity contribution in [1.29, 1.82) is 0 Å². The van der Waals surface area contributed by atoms with Gasteiger partial charge < -0.3 is 15.4 Å². The summed E-state index contributed by atoms with van der Waals surface area (Å²) in [5.74, 6) is 0.499. The number of ether oxygens (including phenoxy) is 1. The zero-order valence-electron chi connectivity index (χ0n) is 14.2. The molecule has 0 aliphatic rings. The fourth-order valence-electron chi connectivity index (χ4n) is 2.14. The Kier molecular flexibility index (Phi) is 9.52. The first-order valence-corrected chi connectivity index (χ1v) is 8.45.